The van der Waals surface area contributed by atoms with Gasteiger partial charge in [-0.1, -0.05) is 32.0 Å². The third-order valence-electron chi connectivity index (χ3n) is 5.49. The fraction of sp³-hybridized carbons (Fsp3) is 0.611. The molecule has 1 spiro atoms. The molecule has 0 aromatic heterocycles. The van der Waals surface area contributed by atoms with Gasteiger partial charge in [-0.25, -0.2) is 0 Å². The maximum atomic E-state index is 12.1. The van der Waals surface area contributed by atoms with Crippen LogP contribution in [0.3, 0.4) is 0 Å². The molecule has 1 amide bonds. The monoisotopic (exact) mass is 286 g/mol. The first-order valence-electron chi connectivity index (χ1n) is 8.32. The maximum absolute atomic E-state index is 12.1. The molecule has 1 saturated heterocycles. The van der Waals surface area contributed by atoms with Gasteiger partial charge in [0, 0.05) is 23.6 Å². The van der Waals surface area contributed by atoms with Crippen LogP contribution in [0.15, 0.2) is 24.3 Å². The molecule has 3 nitrogen and oxygen atoms in total. The summed E-state index contributed by atoms with van der Waals surface area (Å²) in [6, 6.07) is 9.07. The van der Waals surface area contributed by atoms with Crippen LogP contribution >= 0.6 is 0 Å². The van der Waals surface area contributed by atoms with E-state index >= 15 is 0 Å². The number of hydrogen-bond donors (Lipinski definition) is 1. The maximum Gasteiger partial charge on any atom is 0.225 e. The Morgan fingerprint density at radius 2 is 1.86 bits per heavy atom. The molecule has 0 atom stereocenters. The lowest BCUT2D eigenvalue weighted by atomic mass is 9.68. The molecule has 0 saturated carbocycles. The molecule has 2 aliphatic rings. The zero-order valence-electron chi connectivity index (χ0n) is 13.2. The van der Waals surface area contributed by atoms with Crippen LogP contribution in [0.25, 0.3) is 0 Å². The highest BCUT2D eigenvalue weighted by Crippen LogP contribution is 2.45. The summed E-state index contributed by atoms with van der Waals surface area (Å²) in [6.07, 6.45) is 5.31. The normalized spacial score (nSPS) is 21.4. The Kier molecular flexibility index (Phi) is 4.03. The summed E-state index contributed by atoms with van der Waals surface area (Å²) in [5.41, 5.74) is 2.46. The highest BCUT2D eigenvalue weighted by Gasteiger charge is 2.42. The van der Waals surface area contributed by atoms with Crippen LogP contribution in [0, 0.1) is 0 Å². The van der Waals surface area contributed by atoms with Gasteiger partial charge >= 0.3 is 0 Å². The molecular formula is C18H26N2O. The molecule has 0 radical (unpaired) electrons. The molecule has 0 bridgehead atoms. The van der Waals surface area contributed by atoms with E-state index in [-0.39, 0.29) is 11.3 Å². The van der Waals surface area contributed by atoms with Crippen LogP contribution < -0.4 is 5.32 Å². The number of amides is 1. The number of hydrogen-bond acceptors (Lipinski definition) is 2. The van der Waals surface area contributed by atoms with Crippen molar-refractivity contribution in [3.63, 3.8) is 0 Å². The summed E-state index contributed by atoms with van der Waals surface area (Å²) >= 11 is 0. The smallest absolute Gasteiger partial charge is 0.225 e. The minimum Gasteiger partial charge on any atom is -0.326 e. The van der Waals surface area contributed by atoms with Gasteiger partial charge in [-0.2, -0.15) is 0 Å². The van der Waals surface area contributed by atoms with Crippen LogP contribution in [-0.4, -0.2) is 29.9 Å². The number of nitrogens with zero attached hydrogens (tertiary/aromatic N) is 1. The summed E-state index contributed by atoms with van der Waals surface area (Å²) in [4.78, 5) is 14.7. The number of anilines is 1. The second-order valence-electron chi connectivity index (χ2n) is 6.56. The SMILES string of the molecule is CCC(CC)N1CCC2(CC1)CC(=O)Nc1ccccc12. The van der Waals surface area contributed by atoms with Crippen molar-refractivity contribution in [3.8, 4) is 0 Å². The lowest BCUT2D eigenvalue weighted by Gasteiger charge is -2.46. The predicted molar refractivity (Wildman–Crippen MR) is 86.5 cm³/mol. The number of para-hydroxylation sites is 1. The molecule has 1 fully saturated rings. The van der Waals surface area contributed by atoms with Gasteiger partial charge in [0.05, 0.1) is 0 Å². The van der Waals surface area contributed by atoms with Crippen molar-refractivity contribution in [1.29, 1.82) is 0 Å². The Labute approximate surface area is 127 Å². The third-order valence-corrected chi connectivity index (χ3v) is 5.49. The van der Waals surface area contributed by atoms with E-state index in [0.717, 1.165) is 31.6 Å². The third kappa shape index (κ3) is 2.59. The van der Waals surface area contributed by atoms with E-state index in [1.807, 2.05) is 12.1 Å². The van der Waals surface area contributed by atoms with E-state index in [4.69, 9.17) is 0 Å². The summed E-state index contributed by atoms with van der Waals surface area (Å²) < 4.78 is 0. The lowest BCUT2D eigenvalue weighted by molar-refractivity contribution is -0.118. The molecule has 21 heavy (non-hydrogen) atoms. The van der Waals surface area contributed by atoms with E-state index in [2.05, 4.69) is 36.2 Å². The van der Waals surface area contributed by atoms with E-state index in [1.165, 1.54) is 18.4 Å². The van der Waals surface area contributed by atoms with Crippen LogP contribution in [-0.2, 0) is 10.2 Å². The van der Waals surface area contributed by atoms with Gasteiger partial charge in [0.1, 0.15) is 0 Å². The topological polar surface area (TPSA) is 32.3 Å². The van der Waals surface area contributed by atoms with Crippen molar-refractivity contribution in [3.05, 3.63) is 29.8 Å². The zero-order valence-corrected chi connectivity index (χ0v) is 13.2. The fourth-order valence-electron chi connectivity index (χ4n) is 4.22. The Balaban J connectivity index is 1.83. The number of piperidine rings is 1. The van der Waals surface area contributed by atoms with Crippen molar-refractivity contribution in [2.45, 2.75) is 57.4 Å². The van der Waals surface area contributed by atoms with Crippen LogP contribution in [0.5, 0.6) is 0 Å². The van der Waals surface area contributed by atoms with Gasteiger partial charge in [-0.05, 0) is 50.4 Å². The number of likely N-dealkylation sites (tertiary alicyclic amines) is 1. The Morgan fingerprint density at radius 1 is 1.19 bits per heavy atom. The first-order valence-corrected chi connectivity index (χ1v) is 8.32. The minimum atomic E-state index is 0.0709. The highest BCUT2D eigenvalue weighted by atomic mass is 16.1. The van der Waals surface area contributed by atoms with Gasteiger partial charge in [0.2, 0.25) is 5.91 Å². The van der Waals surface area contributed by atoms with Crippen LogP contribution in [0.1, 0.15) is 51.5 Å². The van der Waals surface area contributed by atoms with Gasteiger partial charge in [-0.15, -0.1) is 0 Å². The van der Waals surface area contributed by atoms with Gasteiger partial charge in [0.15, 0.2) is 0 Å². The number of fused-ring (bicyclic) bond motifs is 2. The van der Waals surface area contributed by atoms with E-state index < -0.39 is 0 Å². The standard InChI is InChI=1S/C18H26N2O/c1-3-14(4-2)20-11-9-18(10-12-20)13-17(21)19-16-8-6-5-7-15(16)18/h5-8,14H,3-4,9-13H2,1-2H3,(H,19,21). The molecular weight excluding hydrogens is 260 g/mol. The van der Waals surface area contributed by atoms with Crippen molar-refractivity contribution in [2.24, 2.45) is 0 Å². The first kappa shape index (κ1) is 14.6. The molecule has 3 heteroatoms. The molecule has 2 heterocycles. The van der Waals surface area contributed by atoms with Crippen molar-refractivity contribution < 1.29 is 4.79 Å². The highest BCUT2D eigenvalue weighted by molar-refractivity contribution is 5.95. The number of carbonyl (C=O) groups excluding carboxylic acids is 1. The molecule has 0 aliphatic carbocycles. The molecule has 2 aliphatic heterocycles. The second-order valence-corrected chi connectivity index (χ2v) is 6.56. The molecule has 1 aromatic carbocycles. The summed E-state index contributed by atoms with van der Waals surface area (Å²) in [7, 11) is 0. The minimum absolute atomic E-state index is 0.0709. The van der Waals surface area contributed by atoms with Crippen LogP contribution in [0.2, 0.25) is 0 Å². The van der Waals surface area contributed by atoms with E-state index in [0.29, 0.717) is 12.5 Å². The molecule has 3 rings (SSSR count). The quantitative estimate of drug-likeness (QED) is 0.921. The van der Waals surface area contributed by atoms with Gasteiger partial charge < -0.3 is 10.2 Å². The Bertz CT molecular complexity index is 514. The Morgan fingerprint density at radius 3 is 2.52 bits per heavy atom. The van der Waals surface area contributed by atoms with Crippen molar-refractivity contribution in [1.82, 2.24) is 4.90 Å². The van der Waals surface area contributed by atoms with E-state index in [9.17, 15) is 4.79 Å². The summed E-state index contributed by atoms with van der Waals surface area (Å²) in [5, 5.41) is 3.04. The average molecular weight is 286 g/mol. The number of carbonyl (C=O) groups is 1. The largest absolute Gasteiger partial charge is 0.326 e. The second kappa shape index (κ2) is 5.80. The molecule has 114 valence electrons. The fourth-order valence-corrected chi connectivity index (χ4v) is 4.22. The lowest BCUT2D eigenvalue weighted by Crippen LogP contribution is -2.49. The molecule has 1 aromatic rings. The number of rotatable bonds is 3. The summed E-state index contributed by atoms with van der Waals surface area (Å²) in [5.74, 6) is 0.185. The number of benzene rings is 1. The Hall–Kier alpha value is -1.35. The molecule has 1 N–H and O–H groups in total. The average Bonchev–Trinajstić information content (AvgIpc) is 2.50. The predicted octanol–water partition coefficient (Wildman–Crippen LogP) is 3.55. The summed E-state index contributed by atoms with van der Waals surface area (Å²) in [6.45, 7) is 6.80. The van der Waals surface area contributed by atoms with Crippen LogP contribution in [0.4, 0.5) is 5.69 Å². The number of nitrogens with one attached hydrogen (secondary N) is 1. The van der Waals surface area contributed by atoms with Gasteiger partial charge in [-0.3, -0.25) is 4.79 Å². The zero-order chi connectivity index (χ0) is 14.9. The van der Waals surface area contributed by atoms with Gasteiger partial charge in [0.25, 0.3) is 0 Å². The van der Waals surface area contributed by atoms with Crippen molar-refractivity contribution >= 4 is 11.6 Å². The van der Waals surface area contributed by atoms with Crippen molar-refractivity contribution in [2.75, 3.05) is 18.4 Å². The molecule has 0 unspecified atom stereocenters. The van der Waals surface area contributed by atoms with E-state index in [1.54, 1.807) is 0 Å². The first-order chi connectivity index (χ1) is 10.2.